The molecule has 156 valence electrons. The van der Waals surface area contributed by atoms with Gasteiger partial charge in [-0.15, -0.1) is 0 Å². The van der Waals surface area contributed by atoms with Gasteiger partial charge in [-0.05, 0) is 17.7 Å². The van der Waals surface area contributed by atoms with Gasteiger partial charge >= 0.3 is 12.6 Å². The molecule has 0 saturated heterocycles. The average molecular weight is 407 g/mol. The third kappa shape index (κ3) is 7.28. The summed E-state index contributed by atoms with van der Waals surface area (Å²) in [5, 5.41) is 5.22. The van der Waals surface area contributed by atoms with E-state index in [2.05, 4.69) is 15.4 Å². The van der Waals surface area contributed by atoms with Crippen LogP contribution in [-0.4, -0.2) is 44.2 Å². The number of hydrogen-bond acceptors (Lipinski definition) is 4. The van der Waals surface area contributed by atoms with Crippen LogP contribution >= 0.6 is 0 Å². The number of hydrogen-bond donors (Lipinski definition) is 2. The van der Waals surface area contributed by atoms with Crippen LogP contribution in [0.5, 0.6) is 11.5 Å². The maximum atomic E-state index is 12.5. The zero-order valence-electron chi connectivity index (χ0n) is 16.2. The Kier molecular flexibility index (Phi) is 8.20. The van der Waals surface area contributed by atoms with E-state index >= 15 is 0 Å². The molecule has 2 N–H and O–H groups in total. The van der Waals surface area contributed by atoms with Crippen LogP contribution in [0.4, 0.5) is 19.3 Å². The molecule has 0 aliphatic heterocycles. The molecular weight excluding hydrogens is 384 g/mol. The standard InChI is InChI=1S/C20H23F2N3O4/c1-25(13-14-6-4-3-5-7-14)20(27)23-11-10-18(26)24-15-8-9-16(28-2)17(12-15)29-19(21)22/h3-9,12,19H,10-11,13H2,1-2H3,(H,23,27)(H,24,26). The topological polar surface area (TPSA) is 79.9 Å². The Balaban J connectivity index is 1.80. The predicted octanol–water partition coefficient (Wildman–Crippen LogP) is 3.47. The van der Waals surface area contributed by atoms with Gasteiger partial charge < -0.3 is 25.0 Å². The Morgan fingerprint density at radius 1 is 1.10 bits per heavy atom. The van der Waals surface area contributed by atoms with Gasteiger partial charge in [0.1, 0.15) is 0 Å². The molecule has 3 amide bonds. The first-order valence-corrected chi connectivity index (χ1v) is 8.84. The van der Waals surface area contributed by atoms with Crippen molar-refractivity contribution < 1.29 is 27.8 Å². The number of nitrogens with one attached hydrogen (secondary N) is 2. The van der Waals surface area contributed by atoms with E-state index in [1.165, 1.54) is 30.2 Å². The fourth-order valence-electron chi connectivity index (χ4n) is 2.51. The van der Waals surface area contributed by atoms with Crippen molar-refractivity contribution in [3.63, 3.8) is 0 Å². The van der Waals surface area contributed by atoms with Crippen LogP contribution < -0.4 is 20.1 Å². The molecule has 0 heterocycles. The molecule has 0 unspecified atom stereocenters. The SMILES string of the molecule is COc1ccc(NC(=O)CCNC(=O)N(C)Cc2ccccc2)cc1OC(F)F. The van der Waals surface area contributed by atoms with E-state index in [1.54, 1.807) is 7.05 Å². The van der Waals surface area contributed by atoms with E-state index < -0.39 is 6.61 Å². The first-order valence-electron chi connectivity index (χ1n) is 8.84. The summed E-state index contributed by atoms with van der Waals surface area (Å²) in [6, 6.07) is 13.4. The molecule has 0 bridgehead atoms. The molecule has 0 aromatic heterocycles. The van der Waals surface area contributed by atoms with Crippen LogP contribution in [-0.2, 0) is 11.3 Å². The average Bonchev–Trinajstić information content (AvgIpc) is 2.68. The number of benzene rings is 2. The van der Waals surface area contributed by atoms with Gasteiger partial charge in [0.05, 0.1) is 7.11 Å². The van der Waals surface area contributed by atoms with Gasteiger partial charge in [0.2, 0.25) is 5.91 Å². The van der Waals surface area contributed by atoms with E-state index in [0.29, 0.717) is 6.54 Å². The molecule has 2 aromatic rings. The molecule has 0 aliphatic carbocycles. The van der Waals surface area contributed by atoms with E-state index in [-0.39, 0.29) is 42.1 Å². The lowest BCUT2D eigenvalue weighted by Crippen LogP contribution is -2.38. The van der Waals surface area contributed by atoms with Gasteiger partial charge in [0.25, 0.3) is 0 Å². The van der Waals surface area contributed by atoms with Crippen molar-refractivity contribution in [3.05, 3.63) is 54.1 Å². The monoisotopic (exact) mass is 407 g/mol. The number of anilines is 1. The molecule has 2 aromatic carbocycles. The Labute approximate surface area is 167 Å². The number of ether oxygens (including phenoxy) is 2. The number of amides is 3. The quantitative estimate of drug-likeness (QED) is 0.667. The number of carbonyl (C=O) groups excluding carboxylic acids is 2. The highest BCUT2D eigenvalue weighted by Crippen LogP contribution is 2.31. The van der Waals surface area contributed by atoms with Gasteiger partial charge in [-0.1, -0.05) is 30.3 Å². The highest BCUT2D eigenvalue weighted by molar-refractivity contribution is 5.91. The fourth-order valence-corrected chi connectivity index (χ4v) is 2.51. The summed E-state index contributed by atoms with van der Waals surface area (Å²) in [7, 11) is 2.98. The van der Waals surface area contributed by atoms with Crippen molar-refractivity contribution in [2.75, 3.05) is 26.0 Å². The number of methoxy groups -OCH3 is 1. The van der Waals surface area contributed by atoms with Gasteiger partial charge in [0.15, 0.2) is 11.5 Å². The highest BCUT2D eigenvalue weighted by atomic mass is 19.3. The second kappa shape index (κ2) is 10.8. The molecule has 0 aliphatic rings. The van der Waals surface area contributed by atoms with Gasteiger partial charge in [-0.25, -0.2) is 4.79 Å². The van der Waals surface area contributed by atoms with Crippen molar-refractivity contribution in [1.29, 1.82) is 0 Å². The largest absolute Gasteiger partial charge is 0.493 e. The minimum absolute atomic E-state index is 0.0159. The number of nitrogens with zero attached hydrogens (tertiary/aromatic N) is 1. The van der Waals surface area contributed by atoms with Crippen molar-refractivity contribution >= 4 is 17.6 Å². The first-order chi connectivity index (χ1) is 13.9. The molecule has 7 nitrogen and oxygen atoms in total. The molecule has 0 atom stereocenters. The van der Waals surface area contributed by atoms with Crippen LogP contribution in [0, 0.1) is 0 Å². The number of alkyl halides is 2. The van der Waals surface area contributed by atoms with Gasteiger partial charge in [0, 0.05) is 38.3 Å². The molecular formula is C20H23F2N3O4. The lowest BCUT2D eigenvalue weighted by molar-refractivity contribution is -0.116. The Morgan fingerprint density at radius 3 is 2.48 bits per heavy atom. The van der Waals surface area contributed by atoms with Gasteiger partial charge in [-0.2, -0.15) is 8.78 Å². The van der Waals surface area contributed by atoms with Crippen LogP contribution in [0.1, 0.15) is 12.0 Å². The summed E-state index contributed by atoms with van der Waals surface area (Å²) in [6.07, 6.45) is 0.0159. The number of urea groups is 1. The maximum absolute atomic E-state index is 12.5. The summed E-state index contributed by atoms with van der Waals surface area (Å²) in [4.78, 5) is 25.6. The van der Waals surface area contributed by atoms with Crippen molar-refractivity contribution in [3.8, 4) is 11.5 Å². The normalized spacial score (nSPS) is 10.4. The summed E-state index contributed by atoms with van der Waals surface area (Å²) in [5.41, 5.74) is 1.27. The first kappa shape index (κ1) is 21.9. The van der Waals surface area contributed by atoms with E-state index in [9.17, 15) is 18.4 Å². The smallest absolute Gasteiger partial charge is 0.387 e. The maximum Gasteiger partial charge on any atom is 0.387 e. The minimum Gasteiger partial charge on any atom is -0.493 e. The number of carbonyl (C=O) groups is 2. The molecule has 0 spiro atoms. The van der Waals surface area contributed by atoms with Crippen LogP contribution in [0.15, 0.2) is 48.5 Å². The van der Waals surface area contributed by atoms with Crippen molar-refractivity contribution in [1.82, 2.24) is 10.2 Å². The van der Waals surface area contributed by atoms with Crippen LogP contribution in [0.3, 0.4) is 0 Å². The molecule has 2 rings (SSSR count). The predicted molar refractivity (Wildman–Crippen MR) is 104 cm³/mol. The third-order valence-corrected chi connectivity index (χ3v) is 3.90. The van der Waals surface area contributed by atoms with Crippen molar-refractivity contribution in [2.24, 2.45) is 0 Å². The van der Waals surface area contributed by atoms with E-state index in [1.807, 2.05) is 30.3 Å². The molecule has 9 heteroatoms. The second-order valence-electron chi connectivity index (χ2n) is 6.12. The lowest BCUT2D eigenvalue weighted by atomic mass is 10.2. The molecule has 0 fully saturated rings. The summed E-state index contributed by atoms with van der Waals surface area (Å²) >= 11 is 0. The Bertz CT molecular complexity index is 819. The summed E-state index contributed by atoms with van der Waals surface area (Å²) < 4.78 is 34.2. The molecule has 0 saturated carbocycles. The Hall–Kier alpha value is -3.36. The number of halogens is 2. The fraction of sp³-hybridized carbons (Fsp3) is 0.300. The summed E-state index contributed by atoms with van der Waals surface area (Å²) in [5.74, 6) is -0.447. The third-order valence-electron chi connectivity index (χ3n) is 3.90. The Morgan fingerprint density at radius 2 is 1.83 bits per heavy atom. The number of rotatable bonds is 9. The van der Waals surface area contributed by atoms with E-state index in [4.69, 9.17) is 4.74 Å². The van der Waals surface area contributed by atoms with Crippen LogP contribution in [0.2, 0.25) is 0 Å². The summed E-state index contributed by atoms with van der Waals surface area (Å²) in [6.45, 7) is -2.45. The second-order valence-corrected chi connectivity index (χ2v) is 6.12. The molecule has 29 heavy (non-hydrogen) atoms. The van der Waals surface area contributed by atoms with Gasteiger partial charge in [-0.3, -0.25) is 4.79 Å². The lowest BCUT2D eigenvalue weighted by Gasteiger charge is -2.18. The zero-order valence-corrected chi connectivity index (χ0v) is 16.2. The zero-order chi connectivity index (χ0) is 21.2. The molecule has 0 radical (unpaired) electrons. The minimum atomic E-state index is -3.02. The van der Waals surface area contributed by atoms with Crippen LogP contribution in [0.25, 0.3) is 0 Å². The highest BCUT2D eigenvalue weighted by Gasteiger charge is 2.13. The van der Waals surface area contributed by atoms with E-state index in [0.717, 1.165) is 5.56 Å². The van der Waals surface area contributed by atoms with Crippen molar-refractivity contribution in [2.45, 2.75) is 19.6 Å².